The van der Waals surface area contributed by atoms with Crippen LogP contribution in [0.15, 0.2) is 0 Å². The molecule has 104 valence electrons. The zero-order valence-corrected chi connectivity index (χ0v) is 11.7. The normalized spacial score (nSPS) is 49.7. The Morgan fingerprint density at radius 2 is 0.944 bits per heavy atom. The predicted octanol–water partition coefficient (Wildman–Crippen LogP) is 3.05. The molecular weight excluding hydrogens is 220 g/mol. The van der Waals surface area contributed by atoms with E-state index in [1.807, 2.05) is 0 Å². The van der Waals surface area contributed by atoms with E-state index < -0.39 is 0 Å². The average molecular weight is 250 g/mol. The molecule has 2 heteroatoms. The SMILES string of the molecule is N[C@@H]1CC[C@H]2CCC[C@H]21.N[C@H]1CC[C@@H]2CCC[C@@H]21. The van der Waals surface area contributed by atoms with Gasteiger partial charge in [-0.25, -0.2) is 0 Å². The van der Waals surface area contributed by atoms with Gasteiger partial charge in [-0.15, -0.1) is 0 Å². The summed E-state index contributed by atoms with van der Waals surface area (Å²) in [6, 6.07) is 1.13. The van der Waals surface area contributed by atoms with Gasteiger partial charge < -0.3 is 11.5 Å². The Bertz CT molecular complexity index is 250. The highest BCUT2D eigenvalue weighted by atomic mass is 14.7. The first-order valence-electron chi connectivity index (χ1n) is 8.27. The molecule has 4 aliphatic carbocycles. The summed E-state index contributed by atoms with van der Waals surface area (Å²) < 4.78 is 0. The van der Waals surface area contributed by atoms with E-state index in [0.717, 1.165) is 23.7 Å². The molecule has 0 saturated heterocycles. The van der Waals surface area contributed by atoms with E-state index >= 15 is 0 Å². The van der Waals surface area contributed by atoms with Crippen molar-refractivity contribution in [3.63, 3.8) is 0 Å². The summed E-state index contributed by atoms with van der Waals surface area (Å²) in [4.78, 5) is 0. The maximum absolute atomic E-state index is 5.92. The van der Waals surface area contributed by atoms with Crippen molar-refractivity contribution in [1.82, 2.24) is 0 Å². The van der Waals surface area contributed by atoms with E-state index in [1.165, 1.54) is 64.2 Å². The highest BCUT2D eigenvalue weighted by molar-refractivity contribution is 4.91. The number of hydrogen-bond acceptors (Lipinski definition) is 2. The van der Waals surface area contributed by atoms with Crippen molar-refractivity contribution < 1.29 is 0 Å². The van der Waals surface area contributed by atoms with E-state index in [9.17, 15) is 0 Å². The summed E-state index contributed by atoms with van der Waals surface area (Å²) in [5, 5.41) is 0. The molecule has 4 rings (SSSR count). The van der Waals surface area contributed by atoms with Crippen LogP contribution in [0.4, 0.5) is 0 Å². The van der Waals surface area contributed by atoms with Crippen LogP contribution in [-0.2, 0) is 0 Å². The molecule has 0 aromatic carbocycles. The van der Waals surface area contributed by atoms with Crippen LogP contribution in [0, 0.1) is 23.7 Å². The van der Waals surface area contributed by atoms with Crippen molar-refractivity contribution in [3.8, 4) is 0 Å². The lowest BCUT2D eigenvalue weighted by atomic mass is 9.98. The quantitative estimate of drug-likeness (QED) is 0.694. The van der Waals surface area contributed by atoms with E-state index in [0.29, 0.717) is 12.1 Å². The average Bonchev–Trinajstić information content (AvgIpc) is 3.06. The monoisotopic (exact) mass is 250 g/mol. The molecule has 0 aromatic heterocycles. The largest absolute Gasteiger partial charge is 0.327 e. The summed E-state index contributed by atoms with van der Waals surface area (Å²) in [7, 11) is 0. The molecule has 4 aliphatic rings. The Balaban J connectivity index is 0.000000111. The maximum Gasteiger partial charge on any atom is 0.00699 e. The highest BCUT2D eigenvalue weighted by Crippen LogP contribution is 2.43. The topological polar surface area (TPSA) is 52.0 Å². The molecule has 6 atom stereocenters. The predicted molar refractivity (Wildman–Crippen MR) is 76.1 cm³/mol. The molecule has 18 heavy (non-hydrogen) atoms. The van der Waals surface area contributed by atoms with Crippen LogP contribution < -0.4 is 11.5 Å². The van der Waals surface area contributed by atoms with Gasteiger partial charge in [0.15, 0.2) is 0 Å². The van der Waals surface area contributed by atoms with E-state index in [1.54, 1.807) is 0 Å². The molecule has 4 saturated carbocycles. The number of rotatable bonds is 0. The lowest BCUT2D eigenvalue weighted by Crippen LogP contribution is -2.24. The molecule has 0 amide bonds. The molecule has 4 fully saturated rings. The lowest BCUT2D eigenvalue weighted by Gasteiger charge is -2.11. The fourth-order valence-electron chi connectivity index (χ4n) is 5.22. The molecule has 0 aliphatic heterocycles. The van der Waals surface area contributed by atoms with Crippen molar-refractivity contribution in [2.75, 3.05) is 0 Å². The van der Waals surface area contributed by atoms with Gasteiger partial charge in [-0.05, 0) is 62.2 Å². The third-order valence-corrected chi connectivity index (χ3v) is 6.28. The van der Waals surface area contributed by atoms with Gasteiger partial charge in [0.1, 0.15) is 0 Å². The van der Waals surface area contributed by atoms with E-state index in [2.05, 4.69) is 0 Å². The van der Waals surface area contributed by atoms with Gasteiger partial charge in [-0.3, -0.25) is 0 Å². The molecule has 0 spiro atoms. The third kappa shape index (κ3) is 2.46. The van der Waals surface area contributed by atoms with Gasteiger partial charge in [0.2, 0.25) is 0 Å². The molecule has 0 heterocycles. The minimum absolute atomic E-state index is 0.567. The van der Waals surface area contributed by atoms with Crippen LogP contribution in [0.2, 0.25) is 0 Å². The first-order valence-corrected chi connectivity index (χ1v) is 8.27. The van der Waals surface area contributed by atoms with Gasteiger partial charge in [0, 0.05) is 12.1 Å². The molecule has 0 bridgehead atoms. The van der Waals surface area contributed by atoms with Crippen molar-refractivity contribution in [2.24, 2.45) is 35.1 Å². The minimum atomic E-state index is 0.567. The second-order valence-corrected chi connectivity index (χ2v) is 7.19. The zero-order valence-electron chi connectivity index (χ0n) is 11.7. The van der Waals surface area contributed by atoms with Crippen LogP contribution in [0.5, 0.6) is 0 Å². The van der Waals surface area contributed by atoms with Crippen LogP contribution in [-0.4, -0.2) is 12.1 Å². The number of nitrogens with two attached hydrogens (primary N) is 2. The van der Waals surface area contributed by atoms with Gasteiger partial charge in [0.05, 0.1) is 0 Å². The maximum atomic E-state index is 5.92. The lowest BCUT2D eigenvalue weighted by molar-refractivity contribution is 0.421. The standard InChI is InChI=1S/2C8H15N/c2*9-8-5-4-6-2-1-3-7(6)8/h2*6-8H,1-5,9H2/t2*6-,7-,8-/m10/s1. The summed E-state index contributed by atoms with van der Waals surface area (Å²) in [6.45, 7) is 0. The Morgan fingerprint density at radius 3 is 1.33 bits per heavy atom. The third-order valence-electron chi connectivity index (χ3n) is 6.28. The molecule has 0 radical (unpaired) electrons. The van der Waals surface area contributed by atoms with Gasteiger partial charge >= 0.3 is 0 Å². The minimum Gasteiger partial charge on any atom is -0.327 e. The fraction of sp³-hybridized carbons (Fsp3) is 1.00. The Labute approximate surface area is 112 Å². The van der Waals surface area contributed by atoms with E-state index in [4.69, 9.17) is 11.5 Å². The molecule has 4 N–H and O–H groups in total. The van der Waals surface area contributed by atoms with E-state index in [-0.39, 0.29) is 0 Å². The van der Waals surface area contributed by atoms with Crippen LogP contribution in [0.1, 0.15) is 64.2 Å². The fourth-order valence-corrected chi connectivity index (χ4v) is 5.22. The molecular formula is C16H30N2. The van der Waals surface area contributed by atoms with Gasteiger partial charge in [-0.1, -0.05) is 25.7 Å². The van der Waals surface area contributed by atoms with Crippen LogP contribution in [0.25, 0.3) is 0 Å². The Kier molecular flexibility index (Phi) is 3.95. The van der Waals surface area contributed by atoms with Crippen molar-refractivity contribution in [1.29, 1.82) is 0 Å². The van der Waals surface area contributed by atoms with Crippen LogP contribution in [0.3, 0.4) is 0 Å². The first-order chi connectivity index (χ1) is 8.75. The second kappa shape index (κ2) is 5.50. The number of fused-ring (bicyclic) bond motifs is 2. The summed E-state index contributed by atoms with van der Waals surface area (Å²) in [5.74, 6) is 3.90. The number of hydrogen-bond donors (Lipinski definition) is 2. The zero-order chi connectivity index (χ0) is 12.5. The summed E-state index contributed by atoms with van der Waals surface area (Å²) in [5.41, 5.74) is 11.8. The molecule has 2 nitrogen and oxygen atoms in total. The van der Waals surface area contributed by atoms with Crippen molar-refractivity contribution in [3.05, 3.63) is 0 Å². The Morgan fingerprint density at radius 1 is 0.500 bits per heavy atom. The van der Waals surface area contributed by atoms with Gasteiger partial charge in [-0.2, -0.15) is 0 Å². The first kappa shape index (κ1) is 12.9. The molecule has 0 aromatic rings. The summed E-state index contributed by atoms with van der Waals surface area (Å²) in [6.07, 6.45) is 14.1. The summed E-state index contributed by atoms with van der Waals surface area (Å²) >= 11 is 0. The highest BCUT2D eigenvalue weighted by Gasteiger charge is 2.37. The second-order valence-electron chi connectivity index (χ2n) is 7.19. The Hall–Kier alpha value is -0.0800. The van der Waals surface area contributed by atoms with Crippen molar-refractivity contribution >= 4 is 0 Å². The smallest absolute Gasteiger partial charge is 0.00699 e. The molecule has 0 unspecified atom stereocenters. The van der Waals surface area contributed by atoms with Crippen molar-refractivity contribution in [2.45, 2.75) is 76.3 Å². The van der Waals surface area contributed by atoms with Gasteiger partial charge in [0.25, 0.3) is 0 Å². The van der Waals surface area contributed by atoms with Crippen LogP contribution >= 0.6 is 0 Å².